The number of hydrogen-bond acceptors (Lipinski definition) is 4. The van der Waals surface area contributed by atoms with Crippen molar-refractivity contribution in [2.45, 2.75) is 11.8 Å². The summed E-state index contributed by atoms with van der Waals surface area (Å²) in [5.74, 6) is -0.431. The third-order valence-corrected chi connectivity index (χ3v) is 4.92. The summed E-state index contributed by atoms with van der Waals surface area (Å²) in [5.41, 5.74) is 1.22. The molecule has 0 amide bonds. The highest BCUT2D eigenvalue weighted by Crippen LogP contribution is 2.21. The number of nitrogens with one attached hydrogen (secondary N) is 1. The topological polar surface area (TPSA) is 76.4 Å². The number of anilines is 1. The van der Waals surface area contributed by atoms with Gasteiger partial charge < -0.3 is 0 Å². The van der Waals surface area contributed by atoms with Gasteiger partial charge in [0, 0.05) is 12.3 Å². The number of fused-ring (bicyclic) bond motifs is 1. The number of halogens is 2. The number of rotatable bonds is 3. The van der Waals surface area contributed by atoms with Gasteiger partial charge in [-0.2, -0.15) is 9.61 Å². The summed E-state index contributed by atoms with van der Waals surface area (Å²) in [6.07, 6.45) is 1.47. The molecule has 0 saturated carbocycles. The van der Waals surface area contributed by atoms with Crippen molar-refractivity contribution in [1.29, 1.82) is 0 Å². The Hall–Kier alpha value is -2.00. The molecule has 2 heterocycles. The molecule has 0 bridgehead atoms. The van der Waals surface area contributed by atoms with Gasteiger partial charge in [-0.3, -0.25) is 4.72 Å². The molecule has 0 aliphatic rings. The van der Waals surface area contributed by atoms with Crippen LogP contribution in [0.2, 0.25) is 0 Å². The van der Waals surface area contributed by atoms with Gasteiger partial charge in [-0.1, -0.05) is 0 Å². The maximum absolute atomic E-state index is 13.5. The van der Waals surface area contributed by atoms with Crippen molar-refractivity contribution in [3.63, 3.8) is 0 Å². The van der Waals surface area contributed by atoms with E-state index >= 15 is 0 Å². The Morgan fingerprint density at radius 3 is 2.77 bits per heavy atom. The Morgan fingerprint density at radius 2 is 2.05 bits per heavy atom. The van der Waals surface area contributed by atoms with Gasteiger partial charge in [0.05, 0.1) is 15.1 Å². The van der Waals surface area contributed by atoms with E-state index in [0.717, 1.165) is 6.07 Å². The van der Waals surface area contributed by atoms with Gasteiger partial charge in [0.15, 0.2) is 5.65 Å². The second-order valence-corrected chi connectivity index (χ2v) is 7.10. The van der Waals surface area contributed by atoms with E-state index in [1.54, 1.807) is 13.0 Å². The zero-order chi connectivity index (χ0) is 15.9. The van der Waals surface area contributed by atoms with Crippen LogP contribution in [0.4, 0.5) is 10.2 Å². The predicted octanol–water partition coefficient (Wildman–Crippen LogP) is 2.74. The first-order valence-corrected chi connectivity index (χ1v) is 8.44. The second kappa shape index (κ2) is 5.33. The minimum absolute atomic E-state index is 0.179. The van der Waals surface area contributed by atoms with Gasteiger partial charge in [-0.05, 0) is 47.1 Å². The monoisotopic (exact) mass is 384 g/mol. The summed E-state index contributed by atoms with van der Waals surface area (Å²) in [7, 11) is -3.93. The lowest BCUT2D eigenvalue weighted by Crippen LogP contribution is -2.16. The lowest BCUT2D eigenvalue weighted by Gasteiger charge is -2.09. The minimum atomic E-state index is -3.93. The van der Waals surface area contributed by atoms with Gasteiger partial charge >= 0.3 is 0 Å². The van der Waals surface area contributed by atoms with E-state index in [9.17, 15) is 12.8 Å². The van der Waals surface area contributed by atoms with Crippen LogP contribution >= 0.6 is 15.9 Å². The number of benzene rings is 1. The first-order chi connectivity index (χ1) is 10.4. The molecule has 0 aliphatic heterocycles. The molecular weight excluding hydrogens is 375 g/mol. The molecule has 9 heteroatoms. The van der Waals surface area contributed by atoms with Crippen molar-refractivity contribution < 1.29 is 12.8 Å². The molecule has 3 rings (SSSR count). The summed E-state index contributed by atoms with van der Waals surface area (Å²) >= 11 is 2.99. The zero-order valence-corrected chi connectivity index (χ0v) is 13.7. The molecule has 6 nitrogen and oxygen atoms in total. The Balaban J connectivity index is 2.04. The Labute approximate surface area is 134 Å². The van der Waals surface area contributed by atoms with Gasteiger partial charge in [0.2, 0.25) is 0 Å². The Morgan fingerprint density at radius 1 is 1.27 bits per heavy atom. The molecule has 0 aliphatic carbocycles. The number of sulfonamides is 1. The molecule has 2 aromatic heterocycles. The van der Waals surface area contributed by atoms with Crippen LogP contribution in [0, 0.1) is 12.7 Å². The fourth-order valence-electron chi connectivity index (χ4n) is 1.93. The maximum atomic E-state index is 13.5. The maximum Gasteiger partial charge on any atom is 0.263 e. The van der Waals surface area contributed by atoms with Crippen molar-refractivity contribution in [2.24, 2.45) is 0 Å². The van der Waals surface area contributed by atoms with Crippen LogP contribution in [0.3, 0.4) is 0 Å². The molecule has 0 atom stereocenters. The predicted molar refractivity (Wildman–Crippen MR) is 82.6 cm³/mol. The number of aromatic nitrogens is 3. The SMILES string of the molecule is Cc1cc2nccc(NS(=O)(=O)c3ccc(Br)c(F)c3)n2n1. The smallest absolute Gasteiger partial charge is 0.263 e. The fraction of sp³-hybridized carbons (Fsp3) is 0.0769. The fourth-order valence-corrected chi connectivity index (χ4v) is 3.23. The molecule has 114 valence electrons. The van der Waals surface area contributed by atoms with Crippen LogP contribution in [-0.2, 0) is 10.0 Å². The van der Waals surface area contributed by atoms with Crippen molar-refractivity contribution in [1.82, 2.24) is 14.6 Å². The van der Waals surface area contributed by atoms with E-state index in [2.05, 4.69) is 30.7 Å². The molecular formula is C13H10BrFN4O2S. The highest BCUT2D eigenvalue weighted by molar-refractivity contribution is 9.10. The van der Waals surface area contributed by atoms with Gasteiger partial charge in [-0.25, -0.2) is 17.8 Å². The summed E-state index contributed by atoms with van der Waals surface area (Å²) in [6.45, 7) is 1.77. The highest BCUT2D eigenvalue weighted by Gasteiger charge is 2.18. The number of nitrogens with zero attached hydrogens (tertiary/aromatic N) is 3. The lowest BCUT2D eigenvalue weighted by atomic mass is 10.3. The largest absolute Gasteiger partial charge is 0.263 e. The Kier molecular flexibility index (Phi) is 3.61. The van der Waals surface area contributed by atoms with Crippen LogP contribution in [0.25, 0.3) is 5.65 Å². The highest BCUT2D eigenvalue weighted by atomic mass is 79.9. The van der Waals surface area contributed by atoms with E-state index in [1.807, 2.05) is 0 Å². The summed E-state index contributed by atoms with van der Waals surface area (Å²) in [5, 5.41) is 4.17. The Bertz CT molecular complexity index is 971. The molecule has 0 spiro atoms. The first-order valence-electron chi connectivity index (χ1n) is 6.16. The summed E-state index contributed by atoms with van der Waals surface area (Å²) in [6, 6.07) is 6.79. The van der Waals surface area contributed by atoms with Crippen LogP contribution in [-0.4, -0.2) is 23.0 Å². The normalized spacial score (nSPS) is 11.8. The van der Waals surface area contributed by atoms with E-state index in [4.69, 9.17) is 0 Å². The van der Waals surface area contributed by atoms with Crippen LogP contribution < -0.4 is 4.72 Å². The average molecular weight is 385 g/mol. The summed E-state index contributed by atoms with van der Waals surface area (Å²) < 4.78 is 42.2. The van der Waals surface area contributed by atoms with Gasteiger partial charge in [0.25, 0.3) is 10.0 Å². The van der Waals surface area contributed by atoms with Gasteiger partial charge in [0.1, 0.15) is 11.6 Å². The lowest BCUT2D eigenvalue weighted by molar-refractivity contribution is 0.593. The van der Waals surface area contributed by atoms with Crippen LogP contribution in [0.15, 0.2) is 45.9 Å². The minimum Gasteiger partial charge on any atom is -0.263 e. The molecule has 1 N–H and O–H groups in total. The van der Waals surface area contributed by atoms with Crippen molar-refractivity contribution >= 4 is 37.4 Å². The van der Waals surface area contributed by atoms with E-state index in [1.165, 1.54) is 28.9 Å². The standard InChI is InChI=1S/C13H10BrFN4O2S/c1-8-6-13-16-5-4-12(19(13)17-8)18-22(20,21)9-2-3-10(14)11(15)7-9/h2-7,18H,1H3. The molecule has 3 aromatic rings. The van der Waals surface area contributed by atoms with E-state index in [0.29, 0.717) is 11.3 Å². The zero-order valence-electron chi connectivity index (χ0n) is 11.3. The van der Waals surface area contributed by atoms with E-state index in [-0.39, 0.29) is 15.2 Å². The molecule has 0 saturated heterocycles. The molecule has 22 heavy (non-hydrogen) atoms. The van der Waals surface area contributed by atoms with Crippen LogP contribution in [0.1, 0.15) is 5.69 Å². The number of aryl methyl sites for hydroxylation is 1. The average Bonchev–Trinajstić information content (AvgIpc) is 2.83. The van der Waals surface area contributed by atoms with Gasteiger partial charge in [-0.15, -0.1) is 0 Å². The molecule has 0 unspecified atom stereocenters. The van der Waals surface area contributed by atoms with Crippen molar-refractivity contribution in [2.75, 3.05) is 4.72 Å². The molecule has 0 radical (unpaired) electrons. The van der Waals surface area contributed by atoms with Crippen molar-refractivity contribution in [3.05, 3.63) is 52.5 Å². The molecule has 1 aromatic carbocycles. The molecule has 0 fully saturated rings. The summed E-state index contributed by atoms with van der Waals surface area (Å²) in [4.78, 5) is 3.91. The third kappa shape index (κ3) is 2.69. The third-order valence-electron chi connectivity index (χ3n) is 2.92. The van der Waals surface area contributed by atoms with Crippen molar-refractivity contribution in [3.8, 4) is 0 Å². The van der Waals surface area contributed by atoms with E-state index < -0.39 is 15.8 Å². The second-order valence-electron chi connectivity index (χ2n) is 4.57. The first kappa shape index (κ1) is 14.9. The number of hydrogen-bond donors (Lipinski definition) is 1. The quantitative estimate of drug-likeness (QED) is 0.752. The van der Waals surface area contributed by atoms with Crippen LogP contribution in [0.5, 0.6) is 0 Å².